The van der Waals surface area contributed by atoms with E-state index in [-0.39, 0.29) is 35.7 Å². The highest BCUT2D eigenvalue weighted by Crippen LogP contribution is 2.32. The molecule has 11 heteroatoms. The van der Waals surface area contributed by atoms with Crippen molar-refractivity contribution in [2.75, 3.05) is 33.0 Å². The average Bonchev–Trinajstić information content (AvgIpc) is 3.63. The maximum Gasteiger partial charge on any atom is 0.270 e. The minimum absolute atomic E-state index is 0.0523. The van der Waals surface area contributed by atoms with Crippen LogP contribution in [-0.2, 0) is 21.4 Å². The molecule has 2 N–H and O–H groups in total. The Labute approximate surface area is 198 Å². The fraction of sp³-hybridized carbons (Fsp3) is 0.478. The van der Waals surface area contributed by atoms with E-state index in [1.54, 1.807) is 11.0 Å². The summed E-state index contributed by atoms with van der Waals surface area (Å²) in [6.45, 7) is 2.33. The smallest absolute Gasteiger partial charge is 0.270 e. The summed E-state index contributed by atoms with van der Waals surface area (Å²) in [5.41, 5.74) is 1.15. The normalized spacial score (nSPS) is 20.5. The van der Waals surface area contributed by atoms with Crippen LogP contribution in [0.4, 0.5) is 0 Å². The van der Waals surface area contributed by atoms with E-state index in [1.165, 1.54) is 16.6 Å². The van der Waals surface area contributed by atoms with Crippen LogP contribution >= 0.6 is 0 Å². The molecule has 4 heterocycles. The van der Waals surface area contributed by atoms with Gasteiger partial charge in [-0.25, -0.2) is 8.42 Å². The Hall–Kier alpha value is -3.05. The molecule has 2 saturated heterocycles. The second-order valence-electron chi connectivity index (χ2n) is 8.86. The van der Waals surface area contributed by atoms with Gasteiger partial charge in [-0.05, 0) is 49.4 Å². The summed E-state index contributed by atoms with van der Waals surface area (Å²) in [4.78, 5) is 30.0. The number of aromatic nitrogens is 1. The van der Waals surface area contributed by atoms with E-state index in [0.717, 1.165) is 18.4 Å². The number of aromatic amines is 1. The van der Waals surface area contributed by atoms with Gasteiger partial charge in [0.15, 0.2) is 11.5 Å². The third-order valence-electron chi connectivity index (χ3n) is 6.58. The predicted octanol–water partition coefficient (Wildman–Crippen LogP) is 1.70. The number of fused-ring (bicyclic) bond motifs is 1. The van der Waals surface area contributed by atoms with Crippen LogP contribution in [0.2, 0.25) is 0 Å². The number of nitrogens with one attached hydrogen (secondary N) is 2. The number of ether oxygens (including phenoxy) is 2. The number of amides is 2. The summed E-state index contributed by atoms with van der Waals surface area (Å²) < 4.78 is 38.5. The fourth-order valence-corrected chi connectivity index (χ4v) is 6.16. The Kier molecular flexibility index (Phi) is 6.22. The minimum atomic E-state index is -3.82. The van der Waals surface area contributed by atoms with Gasteiger partial charge in [0.25, 0.3) is 5.91 Å². The molecule has 1 aromatic carbocycles. The SMILES string of the molecule is O=C(NCc1ccc2c(c1)OCO2)[C@@H]1CCCN(S(=O)(=O)c2c[nH]c(C(=O)N3CCCC3)c2)C1. The molecule has 5 rings (SSSR count). The first kappa shape index (κ1) is 22.7. The highest BCUT2D eigenvalue weighted by Gasteiger charge is 2.34. The summed E-state index contributed by atoms with van der Waals surface area (Å²) in [7, 11) is -3.82. The lowest BCUT2D eigenvalue weighted by atomic mass is 9.98. The van der Waals surface area contributed by atoms with Crippen LogP contribution in [0.3, 0.4) is 0 Å². The van der Waals surface area contributed by atoms with Gasteiger partial charge in [0.05, 0.1) is 5.92 Å². The largest absolute Gasteiger partial charge is 0.454 e. The zero-order valence-corrected chi connectivity index (χ0v) is 19.6. The van der Waals surface area contributed by atoms with Gasteiger partial charge in [0.1, 0.15) is 10.6 Å². The number of H-pyrrole nitrogens is 1. The second-order valence-corrected chi connectivity index (χ2v) is 10.8. The first-order chi connectivity index (χ1) is 16.4. The number of carbonyl (C=O) groups is 2. The number of hydrogen-bond donors (Lipinski definition) is 2. The molecule has 0 spiro atoms. The number of sulfonamides is 1. The highest BCUT2D eigenvalue weighted by atomic mass is 32.2. The lowest BCUT2D eigenvalue weighted by Crippen LogP contribution is -2.45. The van der Waals surface area contributed by atoms with Gasteiger partial charge >= 0.3 is 0 Å². The van der Waals surface area contributed by atoms with Gasteiger partial charge in [-0.15, -0.1) is 0 Å². The van der Waals surface area contributed by atoms with Crippen molar-refractivity contribution in [3.63, 3.8) is 0 Å². The number of rotatable bonds is 6. The third-order valence-corrected chi connectivity index (χ3v) is 8.42. The summed E-state index contributed by atoms with van der Waals surface area (Å²) >= 11 is 0. The molecule has 1 atom stereocenters. The van der Waals surface area contributed by atoms with Crippen LogP contribution < -0.4 is 14.8 Å². The molecule has 0 saturated carbocycles. The van der Waals surface area contributed by atoms with Crippen molar-refractivity contribution in [2.24, 2.45) is 5.92 Å². The zero-order valence-electron chi connectivity index (χ0n) is 18.8. The van der Waals surface area contributed by atoms with Gasteiger partial charge in [-0.2, -0.15) is 4.31 Å². The van der Waals surface area contributed by atoms with Crippen LogP contribution in [0.5, 0.6) is 11.5 Å². The Bertz CT molecular complexity index is 1190. The van der Waals surface area contributed by atoms with E-state index in [4.69, 9.17) is 9.47 Å². The molecule has 10 nitrogen and oxygen atoms in total. The number of hydrogen-bond acceptors (Lipinski definition) is 6. The molecule has 3 aliphatic rings. The molecule has 34 heavy (non-hydrogen) atoms. The van der Waals surface area contributed by atoms with Gasteiger partial charge in [-0.1, -0.05) is 6.07 Å². The molecular weight excluding hydrogens is 460 g/mol. The number of nitrogens with zero attached hydrogens (tertiary/aromatic N) is 2. The van der Waals surface area contributed by atoms with Crippen LogP contribution in [0, 0.1) is 5.92 Å². The Morgan fingerprint density at radius 1 is 1.06 bits per heavy atom. The van der Waals surface area contributed by atoms with E-state index < -0.39 is 15.9 Å². The zero-order chi connectivity index (χ0) is 23.7. The topological polar surface area (TPSA) is 121 Å². The van der Waals surface area contributed by atoms with Crippen molar-refractivity contribution in [3.8, 4) is 11.5 Å². The number of likely N-dealkylation sites (tertiary alicyclic amines) is 1. The molecule has 0 bridgehead atoms. The quantitative estimate of drug-likeness (QED) is 0.639. The van der Waals surface area contributed by atoms with Gasteiger partial charge in [0.2, 0.25) is 22.7 Å². The molecule has 2 aromatic rings. The summed E-state index contributed by atoms with van der Waals surface area (Å²) in [6.07, 6.45) is 4.49. The maximum atomic E-state index is 13.2. The molecular formula is C23H28N4O6S. The molecule has 0 radical (unpaired) electrons. The molecule has 0 unspecified atom stereocenters. The summed E-state index contributed by atoms with van der Waals surface area (Å²) in [5, 5.41) is 2.91. The van der Waals surface area contributed by atoms with Crippen LogP contribution in [-0.4, -0.2) is 67.4 Å². The van der Waals surface area contributed by atoms with Crippen LogP contribution in [0.15, 0.2) is 35.4 Å². The Balaban J connectivity index is 1.21. The van der Waals surface area contributed by atoms with Gasteiger partial charge in [-0.3, -0.25) is 9.59 Å². The van der Waals surface area contributed by atoms with Crippen molar-refractivity contribution >= 4 is 21.8 Å². The van der Waals surface area contributed by atoms with Crippen molar-refractivity contribution in [1.29, 1.82) is 0 Å². The van der Waals surface area contributed by atoms with Gasteiger partial charge < -0.3 is 24.7 Å². The standard InChI is InChI=1S/C23H28N4O6S/c28-22(25-12-16-5-6-20-21(10-16)33-15-32-20)17-4-3-9-27(14-17)34(30,31)18-11-19(24-13-18)23(29)26-7-1-2-8-26/h5-6,10-11,13,17,24H,1-4,7-9,12,14-15H2,(H,25,28)/t17-/m1/s1. The summed E-state index contributed by atoms with van der Waals surface area (Å²) in [5.74, 6) is 0.520. The van der Waals surface area contributed by atoms with E-state index in [2.05, 4.69) is 10.3 Å². The molecule has 2 fully saturated rings. The predicted molar refractivity (Wildman–Crippen MR) is 122 cm³/mol. The number of piperidine rings is 1. The van der Waals surface area contributed by atoms with Crippen molar-refractivity contribution in [2.45, 2.75) is 37.1 Å². The van der Waals surface area contributed by atoms with Crippen LogP contribution in [0.1, 0.15) is 41.7 Å². The second kappa shape index (κ2) is 9.30. The van der Waals surface area contributed by atoms with E-state index >= 15 is 0 Å². The summed E-state index contributed by atoms with van der Waals surface area (Å²) in [6, 6.07) is 6.89. The third kappa shape index (κ3) is 4.49. The highest BCUT2D eigenvalue weighted by molar-refractivity contribution is 7.89. The number of carbonyl (C=O) groups excluding carboxylic acids is 2. The van der Waals surface area contributed by atoms with Crippen molar-refractivity contribution in [3.05, 3.63) is 41.7 Å². The molecule has 3 aliphatic heterocycles. The van der Waals surface area contributed by atoms with E-state index in [9.17, 15) is 18.0 Å². The monoisotopic (exact) mass is 488 g/mol. The molecule has 2 amide bonds. The van der Waals surface area contributed by atoms with E-state index in [0.29, 0.717) is 50.5 Å². The van der Waals surface area contributed by atoms with Gasteiger partial charge in [0, 0.05) is 38.9 Å². The minimum Gasteiger partial charge on any atom is -0.454 e. The van der Waals surface area contributed by atoms with Crippen LogP contribution in [0.25, 0.3) is 0 Å². The number of benzene rings is 1. The Morgan fingerprint density at radius 3 is 2.68 bits per heavy atom. The molecule has 1 aromatic heterocycles. The maximum absolute atomic E-state index is 13.2. The van der Waals surface area contributed by atoms with Crippen molar-refractivity contribution < 1.29 is 27.5 Å². The lowest BCUT2D eigenvalue weighted by Gasteiger charge is -2.31. The first-order valence-electron chi connectivity index (χ1n) is 11.6. The molecule has 182 valence electrons. The van der Waals surface area contributed by atoms with Crippen molar-refractivity contribution in [1.82, 2.24) is 19.5 Å². The average molecular weight is 489 g/mol. The molecule has 0 aliphatic carbocycles. The van der Waals surface area contributed by atoms with E-state index in [1.807, 2.05) is 12.1 Å². The Morgan fingerprint density at radius 2 is 1.85 bits per heavy atom. The fourth-order valence-electron chi connectivity index (χ4n) is 4.65. The first-order valence-corrected chi connectivity index (χ1v) is 13.0. The lowest BCUT2D eigenvalue weighted by molar-refractivity contribution is -0.126.